The number of methoxy groups -OCH3 is 1. The molecule has 0 aliphatic rings. The van der Waals surface area contributed by atoms with E-state index in [0.29, 0.717) is 17.1 Å². The van der Waals surface area contributed by atoms with E-state index in [1.54, 1.807) is 13.2 Å². The minimum atomic E-state index is -0.344. The molecule has 0 aliphatic carbocycles. The van der Waals surface area contributed by atoms with Crippen molar-refractivity contribution >= 4 is 11.6 Å². The molecule has 0 radical (unpaired) electrons. The second-order valence-electron chi connectivity index (χ2n) is 5.90. The predicted molar refractivity (Wildman–Crippen MR) is 101 cm³/mol. The highest BCUT2D eigenvalue weighted by Crippen LogP contribution is 2.18. The van der Waals surface area contributed by atoms with Crippen LogP contribution in [-0.4, -0.2) is 28.9 Å². The van der Waals surface area contributed by atoms with Gasteiger partial charge in [-0.15, -0.1) is 0 Å². The summed E-state index contributed by atoms with van der Waals surface area (Å²) in [6.07, 6.45) is 0. The number of H-pyrrole nitrogens is 1. The number of rotatable bonds is 5. The van der Waals surface area contributed by atoms with E-state index in [2.05, 4.69) is 20.7 Å². The Balaban J connectivity index is 1.68. The van der Waals surface area contributed by atoms with Crippen LogP contribution in [0, 0.1) is 6.92 Å². The van der Waals surface area contributed by atoms with Gasteiger partial charge in [0.2, 0.25) is 0 Å². The van der Waals surface area contributed by atoms with Crippen molar-refractivity contribution in [2.75, 3.05) is 7.11 Å². The number of aromatic nitrogens is 2. The number of nitrogens with zero attached hydrogens (tertiary/aromatic N) is 2. The molecule has 2 N–H and O–H groups in total. The van der Waals surface area contributed by atoms with Gasteiger partial charge in [0.25, 0.3) is 5.91 Å². The van der Waals surface area contributed by atoms with Crippen LogP contribution in [-0.2, 0) is 0 Å². The number of carbonyl (C=O) groups excluding carboxylic acids is 1. The van der Waals surface area contributed by atoms with Gasteiger partial charge in [0.15, 0.2) is 0 Å². The van der Waals surface area contributed by atoms with Gasteiger partial charge in [-0.2, -0.15) is 10.2 Å². The van der Waals surface area contributed by atoms with Gasteiger partial charge in [-0.25, -0.2) is 5.43 Å². The number of aryl methyl sites for hydroxylation is 1. The number of ether oxygens (including phenoxy) is 1. The molecule has 3 aromatic rings. The van der Waals surface area contributed by atoms with Crippen molar-refractivity contribution in [3.8, 4) is 17.0 Å². The zero-order chi connectivity index (χ0) is 18.5. The molecule has 6 heteroatoms. The van der Waals surface area contributed by atoms with E-state index in [1.807, 2.05) is 62.4 Å². The van der Waals surface area contributed by atoms with Gasteiger partial charge in [0.05, 0.1) is 18.5 Å². The largest absolute Gasteiger partial charge is 0.497 e. The summed E-state index contributed by atoms with van der Waals surface area (Å²) < 4.78 is 5.13. The van der Waals surface area contributed by atoms with Gasteiger partial charge >= 0.3 is 0 Å². The SMILES string of the molecule is COc1ccc(/C(C)=N\NC(=O)c2cc(-c3ccc(C)cc3)n[nH]2)cc1. The number of benzene rings is 2. The van der Waals surface area contributed by atoms with Crippen LogP contribution in [0.3, 0.4) is 0 Å². The lowest BCUT2D eigenvalue weighted by atomic mass is 10.1. The van der Waals surface area contributed by atoms with Crippen LogP contribution in [0.1, 0.15) is 28.5 Å². The quantitative estimate of drug-likeness (QED) is 0.547. The Morgan fingerprint density at radius 1 is 1.12 bits per heavy atom. The molecule has 0 atom stereocenters. The number of hydrazone groups is 1. The number of amides is 1. The van der Waals surface area contributed by atoms with Gasteiger partial charge in [-0.3, -0.25) is 9.89 Å². The Hall–Kier alpha value is -3.41. The minimum absolute atomic E-state index is 0.344. The van der Waals surface area contributed by atoms with E-state index < -0.39 is 0 Å². The minimum Gasteiger partial charge on any atom is -0.497 e. The highest BCUT2D eigenvalue weighted by atomic mass is 16.5. The second kappa shape index (κ2) is 7.65. The van der Waals surface area contributed by atoms with Crippen molar-refractivity contribution in [2.45, 2.75) is 13.8 Å². The zero-order valence-electron chi connectivity index (χ0n) is 14.9. The first kappa shape index (κ1) is 17.4. The van der Waals surface area contributed by atoms with E-state index in [9.17, 15) is 4.79 Å². The van der Waals surface area contributed by atoms with Crippen LogP contribution in [0.25, 0.3) is 11.3 Å². The summed E-state index contributed by atoms with van der Waals surface area (Å²) in [5.74, 6) is 0.426. The summed E-state index contributed by atoms with van der Waals surface area (Å²) >= 11 is 0. The normalized spacial score (nSPS) is 11.3. The maximum atomic E-state index is 12.3. The van der Waals surface area contributed by atoms with Gasteiger partial charge in [-0.05, 0) is 49.7 Å². The average Bonchev–Trinajstić information content (AvgIpc) is 3.16. The molecule has 2 aromatic carbocycles. The Bertz CT molecular complexity index is 925. The third kappa shape index (κ3) is 3.97. The van der Waals surface area contributed by atoms with Crippen LogP contribution in [0.15, 0.2) is 59.7 Å². The highest BCUT2D eigenvalue weighted by molar-refractivity contribution is 6.00. The monoisotopic (exact) mass is 348 g/mol. The first-order valence-corrected chi connectivity index (χ1v) is 8.18. The number of nitrogens with one attached hydrogen (secondary N) is 2. The zero-order valence-corrected chi connectivity index (χ0v) is 14.9. The molecular weight excluding hydrogens is 328 g/mol. The van der Waals surface area contributed by atoms with Crippen LogP contribution in [0.2, 0.25) is 0 Å². The standard InChI is InChI=1S/C20H20N4O2/c1-13-4-6-16(7-5-13)18-12-19(23-22-18)20(25)24-21-14(2)15-8-10-17(26-3)11-9-15/h4-12H,1-3H3,(H,22,23)(H,24,25)/b21-14-. The molecule has 132 valence electrons. The van der Waals surface area contributed by atoms with Gasteiger partial charge in [0, 0.05) is 5.56 Å². The molecule has 3 rings (SSSR count). The summed E-state index contributed by atoms with van der Waals surface area (Å²) in [7, 11) is 1.62. The van der Waals surface area contributed by atoms with Crippen LogP contribution < -0.4 is 10.2 Å². The van der Waals surface area contributed by atoms with Crippen molar-refractivity contribution in [3.05, 3.63) is 71.4 Å². The number of hydrogen-bond donors (Lipinski definition) is 2. The molecule has 0 aliphatic heterocycles. The van der Waals surface area contributed by atoms with Crippen LogP contribution >= 0.6 is 0 Å². The lowest BCUT2D eigenvalue weighted by Crippen LogP contribution is -2.19. The maximum absolute atomic E-state index is 12.3. The average molecular weight is 348 g/mol. The van der Waals surface area contributed by atoms with Crippen LogP contribution in [0.4, 0.5) is 0 Å². The van der Waals surface area contributed by atoms with Crippen molar-refractivity contribution in [1.82, 2.24) is 15.6 Å². The first-order valence-electron chi connectivity index (χ1n) is 8.18. The molecule has 6 nitrogen and oxygen atoms in total. The van der Waals surface area contributed by atoms with E-state index in [1.165, 1.54) is 5.56 Å². The summed E-state index contributed by atoms with van der Waals surface area (Å²) in [5.41, 5.74) is 7.33. The number of hydrogen-bond acceptors (Lipinski definition) is 4. The van der Waals surface area contributed by atoms with Crippen LogP contribution in [0.5, 0.6) is 5.75 Å². The molecule has 0 fully saturated rings. The van der Waals surface area contributed by atoms with Gasteiger partial charge in [0.1, 0.15) is 11.4 Å². The molecule has 0 spiro atoms. The smallest absolute Gasteiger partial charge is 0.289 e. The Morgan fingerprint density at radius 3 is 2.46 bits per heavy atom. The fraction of sp³-hybridized carbons (Fsp3) is 0.150. The topological polar surface area (TPSA) is 79.4 Å². The molecule has 1 aromatic heterocycles. The van der Waals surface area contributed by atoms with Gasteiger partial charge < -0.3 is 4.74 Å². The highest BCUT2D eigenvalue weighted by Gasteiger charge is 2.10. The molecule has 1 heterocycles. The molecule has 0 unspecified atom stereocenters. The Labute approximate surface area is 151 Å². The first-order chi connectivity index (χ1) is 12.6. The third-order valence-corrected chi connectivity index (χ3v) is 4.00. The van der Waals surface area contributed by atoms with Crippen molar-refractivity contribution < 1.29 is 9.53 Å². The van der Waals surface area contributed by atoms with Crippen molar-refractivity contribution in [1.29, 1.82) is 0 Å². The summed E-state index contributed by atoms with van der Waals surface area (Å²) in [6, 6.07) is 17.1. The summed E-state index contributed by atoms with van der Waals surface area (Å²) in [5, 5.41) is 11.1. The predicted octanol–water partition coefficient (Wildman–Crippen LogP) is 3.55. The molecule has 0 bridgehead atoms. The van der Waals surface area contributed by atoms with Crippen molar-refractivity contribution in [2.24, 2.45) is 5.10 Å². The third-order valence-electron chi connectivity index (χ3n) is 4.00. The van der Waals surface area contributed by atoms with E-state index in [0.717, 1.165) is 16.9 Å². The lowest BCUT2D eigenvalue weighted by molar-refractivity contribution is 0.0950. The summed E-state index contributed by atoms with van der Waals surface area (Å²) in [6.45, 7) is 3.85. The Kier molecular flexibility index (Phi) is 5.12. The van der Waals surface area contributed by atoms with E-state index in [4.69, 9.17) is 4.74 Å². The number of carbonyl (C=O) groups is 1. The molecule has 1 amide bonds. The lowest BCUT2D eigenvalue weighted by Gasteiger charge is -2.03. The fourth-order valence-electron chi connectivity index (χ4n) is 2.40. The van der Waals surface area contributed by atoms with Gasteiger partial charge in [-0.1, -0.05) is 29.8 Å². The summed E-state index contributed by atoms with van der Waals surface area (Å²) in [4.78, 5) is 12.3. The molecular formula is C20H20N4O2. The second-order valence-corrected chi connectivity index (χ2v) is 5.90. The molecule has 0 saturated carbocycles. The van der Waals surface area contributed by atoms with E-state index in [-0.39, 0.29) is 5.91 Å². The number of aromatic amines is 1. The van der Waals surface area contributed by atoms with E-state index >= 15 is 0 Å². The maximum Gasteiger partial charge on any atom is 0.289 e. The molecule has 0 saturated heterocycles. The Morgan fingerprint density at radius 2 is 1.81 bits per heavy atom. The molecule has 26 heavy (non-hydrogen) atoms. The fourth-order valence-corrected chi connectivity index (χ4v) is 2.40. The van der Waals surface area contributed by atoms with Crippen molar-refractivity contribution in [3.63, 3.8) is 0 Å².